The molecule has 0 spiro atoms. The number of nitrogens with zero attached hydrogens (tertiary/aromatic N) is 1. The number of sulfonamides is 1. The summed E-state index contributed by atoms with van der Waals surface area (Å²) >= 11 is 0. The Morgan fingerprint density at radius 3 is 2.13 bits per heavy atom. The van der Waals surface area contributed by atoms with Gasteiger partial charge in [-0.1, -0.05) is 60.7 Å². The summed E-state index contributed by atoms with van der Waals surface area (Å²) in [7, 11) is -3.84. The number of rotatable bonds is 7. The van der Waals surface area contributed by atoms with Gasteiger partial charge in [-0.05, 0) is 17.2 Å². The van der Waals surface area contributed by atoms with Crippen LogP contribution in [0.25, 0.3) is 6.08 Å². The zero-order valence-corrected chi connectivity index (χ0v) is 13.2. The highest BCUT2D eigenvalue weighted by Crippen LogP contribution is 2.12. The second-order valence-electron chi connectivity index (χ2n) is 4.91. The van der Waals surface area contributed by atoms with Gasteiger partial charge in [-0.3, -0.25) is 4.79 Å². The molecule has 0 saturated heterocycles. The summed E-state index contributed by atoms with van der Waals surface area (Å²) in [6.45, 7) is -0.578. The molecule has 2 rings (SSSR count). The van der Waals surface area contributed by atoms with Gasteiger partial charge in [0.1, 0.15) is 6.54 Å². The van der Waals surface area contributed by atoms with Crippen molar-refractivity contribution in [3.8, 4) is 0 Å². The third-order valence-electron chi connectivity index (χ3n) is 3.11. The van der Waals surface area contributed by atoms with Gasteiger partial charge in [-0.15, -0.1) is 0 Å². The van der Waals surface area contributed by atoms with Crippen molar-refractivity contribution in [2.24, 2.45) is 0 Å². The SMILES string of the molecule is O=C(O)CN(Cc1ccccc1)S(=O)(=O)C=Cc1ccccc1. The third kappa shape index (κ3) is 5.36. The molecule has 120 valence electrons. The van der Waals surface area contributed by atoms with Crippen LogP contribution in [0.2, 0.25) is 0 Å². The van der Waals surface area contributed by atoms with Gasteiger partial charge in [0.05, 0.1) is 0 Å². The highest BCUT2D eigenvalue weighted by Gasteiger charge is 2.22. The van der Waals surface area contributed by atoms with E-state index in [0.717, 1.165) is 20.8 Å². The fourth-order valence-corrected chi connectivity index (χ4v) is 3.11. The van der Waals surface area contributed by atoms with Crippen LogP contribution in [0.15, 0.2) is 66.1 Å². The molecule has 5 nitrogen and oxygen atoms in total. The molecule has 0 saturated carbocycles. The molecule has 0 amide bonds. The van der Waals surface area contributed by atoms with Crippen LogP contribution in [0.4, 0.5) is 0 Å². The summed E-state index contributed by atoms with van der Waals surface area (Å²) in [6, 6.07) is 17.8. The summed E-state index contributed by atoms with van der Waals surface area (Å²) in [5, 5.41) is 10.0. The molecule has 1 N–H and O–H groups in total. The van der Waals surface area contributed by atoms with Gasteiger partial charge in [-0.25, -0.2) is 8.42 Å². The molecule has 2 aromatic rings. The minimum Gasteiger partial charge on any atom is -0.480 e. The second-order valence-corrected chi connectivity index (χ2v) is 6.72. The van der Waals surface area contributed by atoms with Crippen LogP contribution in [-0.4, -0.2) is 30.3 Å². The Kier molecular flexibility index (Phi) is 5.67. The summed E-state index contributed by atoms with van der Waals surface area (Å²) in [5.74, 6) is -1.20. The Morgan fingerprint density at radius 2 is 1.57 bits per heavy atom. The number of benzene rings is 2. The van der Waals surface area contributed by atoms with Crippen LogP contribution in [0, 0.1) is 0 Å². The molecule has 0 radical (unpaired) electrons. The van der Waals surface area contributed by atoms with Crippen molar-refractivity contribution in [3.63, 3.8) is 0 Å². The van der Waals surface area contributed by atoms with Crippen molar-refractivity contribution in [1.82, 2.24) is 4.31 Å². The van der Waals surface area contributed by atoms with E-state index in [0.29, 0.717) is 0 Å². The lowest BCUT2D eigenvalue weighted by atomic mass is 10.2. The monoisotopic (exact) mass is 331 g/mol. The number of aliphatic carboxylic acids is 1. The van der Waals surface area contributed by atoms with Gasteiger partial charge in [-0.2, -0.15) is 4.31 Å². The molecule has 23 heavy (non-hydrogen) atoms. The van der Waals surface area contributed by atoms with Gasteiger partial charge in [0.25, 0.3) is 0 Å². The zero-order chi connectivity index (χ0) is 16.7. The van der Waals surface area contributed by atoms with Crippen LogP contribution in [0.5, 0.6) is 0 Å². The Labute approximate surface area is 135 Å². The average Bonchev–Trinajstić information content (AvgIpc) is 2.54. The summed E-state index contributed by atoms with van der Waals surface area (Å²) in [5.41, 5.74) is 1.46. The zero-order valence-electron chi connectivity index (χ0n) is 12.4. The van der Waals surface area contributed by atoms with E-state index in [1.807, 2.05) is 12.1 Å². The highest BCUT2D eigenvalue weighted by molar-refractivity contribution is 7.92. The predicted molar refractivity (Wildman–Crippen MR) is 88.9 cm³/mol. The number of hydrogen-bond acceptors (Lipinski definition) is 3. The molecule has 0 aliphatic rings. The van der Waals surface area contributed by atoms with E-state index >= 15 is 0 Å². The Morgan fingerprint density at radius 1 is 1.00 bits per heavy atom. The van der Waals surface area contributed by atoms with E-state index in [-0.39, 0.29) is 6.54 Å². The fraction of sp³-hybridized carbons (Fsp3) is 0.118. The molecule has 0 aliphatic heterocycles. The summed E-state index contributed by atoms with van der Waals surface area (Å²) < 4.78 is 25.8. The predicted octanol–water partition coefficient (Wildman–Crippen LogP) is 2.57. The van der Waals surface area contributed by atoms with Crippen molar-refractivity contribution < 1.29 is 18.3 Å². The number of hydrogen-bond donors (Lipinski definition) is 1. The quantitative estimate of drug-likeness (QED) is 0.846. The van der Waals surface area contributed by atoms with Gasteiger partial charge >= 0.3 is 5.97 Å². The molecule has 0 atom stereocenters. The van der Waals surface area contributed by atoms with Gasteiger partial charge in [0.2, 0.25) is 10.0 Å². The lowest BCUT2D eigenvalue weighted by molar-refractivity contribution is -0.137. The summed E-state index contributed by atoms with van der Waals surface area (Å²) in [6.07, 6.45) is 1.45. The van der Waals surface area contributed by atoms with Crippen molar-refractivity contribution in [2.45, 2.75) is 6.54 Å². The minimum atomic E-state index is -3.84. The van der Waals surface area contributed by atoms with Gasteiger partial charge in [0, 0.05) is 12.0 Å². The number of carboxylic acids is 1. The van der Waals surface area contributed by atoms with Crippen LogP contribution in [-0.2, 0) is 21.4 Å². The molecule has 0 unspecified atom stereocenters. The maximum Gasteiger partial charge on any atom is 0.318 e. The largest absolute Gasteiger partial charge is 0.480 e. The van der Waals surface area contributed by atoms with Crippen molar-refractivity contribution in [1.29, 1.82) is 0 Å². The van der Waals surface area contributed by atoms with E-state index in [1.54, 1.807) is 48.5 Å². The Balaban J connectivity index is 2.22. The van der Waals surface area contributed by atoms with E-state index in [4.69, 9.17) is 5.11 Å². The van der Waals surface area contributed by atoms with E-state index in [9.17, 15) is 13.2 Å². The van der Waals surface area contributed by atoms with E-state index in [1.165, 1.54) is 6.08 Å². The van der Waals surface area contributed by atoms with Crippen LogP contribution < -0.4 is 0 Å². The normalized spacial score (nSPS) is 11.9. The van der Waals surface area contributed by atoms with E-state index < -0.39 is 22.5 Å². The van der Waals surface area contributed by atoms with Crippen molar-refractivity contribution >= 4 is 22.1 Å². The maximum atomic E-state index is 12.4. The number of carbonyl (C=O) groups is 1. The second kappa shape index (κ2) is 7.71. The lowest BCUT2D eigenvalue weighted by Gasteiger charge is -2.18. The molecule has 0 aliphatic carbocycles. The molecular formula is C17H17NO4S. The van der Waals surface area contributed by atoms with Gasteiger partial charge < -0.3 is 5.11 Å². The first-order valence-corrected chi connectivity index (χ1v) is 8.47. The smallest absolute Gasteiger partial charge is 0.318 e. The molecule has 0 bridgehead atoms. The van der Waals surface area contributed by atoms with E-state index in [2.05, 4.69) is 0 Å². The topological polar surface area (TPSA) is 74.7 Å². The maximum absolute atomic E-state index is 12.4. The first-order chi connectivity index (χ1) is 11.0. The standard InChI is InChI=1S/C17H17NO4S/c19-17(20)14-18(13-16-9-5-2-6-10-16)23(21,22)12-11-15-7-3-1-4-8-15/h1-12H,13-14H2,(H,19,20). The fourth-order valence-electron chi connectivity index (χ4n) is 1.99. The first kappa shape index (κ1) is 16.9. The van der Waals surface area contributed by atoms with Crippen LogP contribution in [0.1, 0.15) is 11.1 Å². The minimum absolute atomic E-state index is 0.00853. The van der Waals surface area contributed by atoms with Crippen LogP contribution in [0.3, 0.4) is 0 Å². The van der Waals surface area contributed by atoms with Crippen molar-refractivity contribution in [3.05, 3.63) is 77.2 Å². The van der Waals surface area contributed by atoms with Crippen molar-refractivity contribution in [2.75, 3.05) is 6.54 Å². The molecule has 6 heteroatoms. The molecule has 0 fully saturated rings. The molecule has 0 aromatic heterocycles. The summed E-state index contributed by atoms with van der Waals surface area (Å²) in [4.78, 5) is 11.0. The highest BCUT2D eigenvalue weighted by atomic mass is 32.2. The third-order valence-corrected chi connectivity index (χ3v) is 4.56. The Hall–Kier alpha value is -2.44. The van der Waals surface area contributed by atoms with Gasteiger partial charge in [0.15, 0.2) is 0 Å². The lowest BCUT2D eigenvalue weighted by Crippen LogP contribution is -2.33. The first-order valence-electron chi connectivity index (χ1n) is 6.96. The molecular weight excluding hydrogens is 314 g/mol. The number of carboxylic acid groups (broad SMARTS) is 1. The average molecular weight is 331 g/mol. The van der Waals surface area contributed by atoms with Crippen LogP contribution >= 0.6 is 0 Å². The molecule has 0 heterocycles. The molecule has 2 aromatic carbocycles. The Bertz CT molecular complexity index is 771.